The summed E-state index contributed by atoms with van der Waals surface area (Å²) in [6.45, 7) is 0. The minimum absolute atomic E-state index is 0.602. The molecule has 0 amide bonds. The fourth-order valence-electron chi connectivity index (χ4n) is 7.46. The molecule has 240 valence electrons. The van der Waals surface area contributed by atoms with Crippen LogP contribution in [0.2, 0.25) is 0 Å². The van der Waals surface area contributed by atoms with Gasteiger partial charge in [-0.05, 0) is 83.2 Å². The zero-order valence-corrected chi connectivity index (χ0v) is 27.6. The van der Waals surface area contributed by atoms with Gasteiger partial charge in [-0.25, -0.2) is 4.98 Å². The third-order valence-electron chi connectivity index (χ3n) is 9.77. The van der Waals surface area contributed by atoms with Crippen molar-refractivity contribution in [2.75, 3.05) is 4.90 Å². The van der Waals surface area contributed by atoms with Gasteiger partial charge in [0.05, 0.1) is 16.7 Å². The maximum atomic E-state index is 6.61. The average Bonchev–Trinajstić information content (AvgIpc) is 3.80. The molecule has 4 nitrogen and oxygen atoms in total. The van der Waals surface area contributed by atoms with Gasteiger partial charge in [-0.15, -0.1) is 0 Å². The van der Waals surface area contributed by atoms with Crippen LogP contribution in [0, 0.1) is 0 Å². The van der Waals surface area contributed by atoms with E-state index in [1.165, 1.54) is 27.2 Å². The van der Waals surface area contributed by atoms with Crippen LogP contribution in [0.15, 0.2) is 192 Å². The molecular formula is C47H31N3O. The molecule has 10 aromatic rings. The Morgan fingerprint density at radius 2 is 1.14 bits per heavy atom. The van der Waals surface area contributed by atoms with E-state index in [0.717, 1.165) is 55.9 Å². The Labute approximate surface area is 295 Å². The van der Waals surface area contributed by atoms with Gasteiger partial charge in [-0.2, -0.15) is 0 Å². The number of fused-ring (bicyclic) bond motifs is 6. The van der Waals surface area contributed by atoms with Crippen LogP contribution in [0.25, 0.3) is 71.9 Å². The Morgan fingerprint density at radius 3 is 1.96 bits per heavy atom. The van der Waals surface area contributed by atoms with E-state index in [1.54, 1.807) is 0 Å². The molecule has 0 aliphatic heterocycles. The lowest BCUT2D eigenvalue weighted by Gasteiger charge is -2.26. The van der Waals surface area contributed by atoms with Crippen molar-refractivity contribution in [1.29, 1.82) is 0 Å². The predicted octanol–water partition coefficient (Wildman–Crippen LogP) is 12.9. The predicted molar refractivity (Wildman–Crippen MR) is 211 cm³/mol. The van der Waals surface area contributed by atoms with E-state index in [2.05, 4.69) is 161 Å². The molecule has 0 radical (unpaired) electrons. The van der Waals surface area contributed by atoms with Crippen LogP contribution in [0.4, 0.5) is 17.1 Å². The van der Waals surface area contributed by atoms with Crippen molar-refractivity contribution in [2.45, 2.75) is 0 Å². The van der Waals surface area contributed by atoms with Crippen molar-refractivity contribution < 1.29 is 4.42 Å². The minimum atomic E-state index is 0.602. The molecule has 0 N–H and O–H groups in total. The highest BCUT2D eigenvalue weighted by atomic mass is 16.3. The summed E-state index contributed by atoms with van der Waals surface area (Å²) in [5.41, 5.74) is 11.3. The molecule has 0 saturated carbocycles. The number of aromatic nitrogens is 2. The molecular weight excluding hydrogens is 623 g/mol. The Balaban J connectivity index is 1.21. The second kappa shape index (κ2) is 11.9. The van der Waals surface area contributed by atoms with Gasteiger partial charge in [0.15, 0.2) is 5.58 Å². The summed E-state index contributed by atoms with van der Waals surface area (Å²) in [7, 11) is 0. The van der Waals surface area contributed by atoms with Gasteiger partial charge in [0.1, 0.15) is 5.52 Å². The topological polar surface area (TPSA) is 34.2 Å². The first-order valence-corrected chi connectivity index (χ1v) is 17.2. The molecule has 0 aliphatic rings. The first kappa shape index (κ1) is 29.0. The van der Waals surface area contributed by atoms with Crippen molar-refractivity contribution >= 4 is 60.7 Å². The SMILES string of the molecule is c1ccc(-c2cccc(N(c3ccc4c(ccc5c6ccccc6n(-c6ccccc6)c45)c3)c3cccc4nc(-c5ccccc5)oc34)c2)cc1. The summed E-state index contributed by atoms with van der Waals surface area (Å²) >= 11 is 0. The van der Waals surface area contributed by atoms with E-state index in [9.17, 15) is 0 Å². The third-order valence-corrected chi connectivity index (χ3v) is 9.77. The Hall–Kier alpha value is -6.91. The lowest BCUT2D eigenvalue weighted by molar-refractivity contribution is 0.620. The number of anilines is 3. The average molecular weight is 654 g/mol. The van der Waals surface area contributed by atoms with E-state index < -0.39 is 0 Å². The van der Waals surface area contributed by atoms with Gasteiger partial charge >= 0.3 is 0 Å². The molecule has 0 spiro atoms. The van der Waals surface area contributed by atoms with E-state index in [1.807, 2.05) is 36.4 Å². The van der Waals surface area contributed by atoms with Crippen LogP contribution in [0.5, 0.6) is 0 Å². The van der Waals surface area contributed by atoms with Crippen LogP contribution >= 0.6 is 0 Å². The van der Waals surface area contributed by atoms with Crippen molar-refractivity contribution in [3.05, 3.63) is 188 Å². The Kier molecular flexibility index (Phi) is 6.78. The first-order chi connectivity index (χ1) is 25.3. The van der Waals surface area contributed by atoms with Crippen molar-refractivity contribution in [1.82, 2.24) is 9.55 Å². The lowest BCUT2D eigenvalue weighted by atomic mass is 10.0. The zero-order chi connectivity index (χ0) is 33.7. The molecule has 0 unspecified atom stereocenters. The molecule has 0 fully saturated rings. The Bertz CT molecular complexity index is 2850. The molecule has 2 aromatic heterocycles. The summed E-state index contributed by atoms with van der Waals surface area (Å²) in [5.74, 6) is 0.602. The molecule has 0 bridgehead atoms. The summed E-state index contributed by atoms with van der Waals surface area (Å²) in [6, 6.07) is 66.2. The molecule has 4 heteroatoms. The number of rotatable bonds is 6. The number of hydrogen-bond acceptors (Lipinski definition) is 3. The van der Waals surface area contributed by atoms with Crippen LogP contribution in [-0.2, 0) is 0 Å². The molecule has 10 rings (SSSR count). The molecule has 0 atom stereocenters. The Morgan fingerprint density at radius 1 is 0.471 bits per heavy atom. The van der Waals surface area contributed by atoms with Gasteiger partial charge in [0.2, 0.25) is 5.89 Å². The van der Waals surface area contributed by atoms with E-state index in [-0.39, 0.29) is 0 Å². The second-order valence-electron chi connectivity index (χ2n) is 12.8. The van der Waals surface area contributed by atoms with Crippen LogP contribution in [0.1, 0.15) is 0 Å². The summed E-state index contributed by atoms with van der Waals surface area (Å²) in [6.07, 6.45) is 0. The van der Waals surface area contributed by atoms with Crippen LogP contribution in [-0.4, -0.2) is 9.55 Å². The first-order valence-electron chi connectivity index (χ1n) is 17.2. The highest BCUT2D eigenvalue weighted by Gasteiger charge is 2.22. The maximum absolute atomic E-state index is 6.61. The highest BCUT2D eigenvalue weighted by Crippen LogP contribution is 2.44. The number of nitrogens with zero attached hydrogens (tertiary/aromatic N) is 3. The van der Waals surface area contributed by atoms with Crippen molar-refractivity contribution in [3.8, 4) is 28.3 Å². The van der Waals surface area contributed by atoms with Crippen molar-refractivity contribution in [2.24, 2.45) is 0 Å². The number of oxazole rings is 1. The molecule has 51 heavy (non-hydrogen) atoms. The molecule has 2 heterocycles. The third kappa shape index (κ3) is 4.88. The van der Waals surface area contributed by atoms with Gasteiger partial charge < -0.3 is 13.9 Å². The van der Waals surface area contributed by atoms with Gasteiger partial charge in [-0.3, -0.25) is 0 Å². The molecule has 8 aromatic carbocycles. The maximum Gasteiger partial charge on any atom is 0.227 e. The highest BCUT2D eigenvalue weighted by molar-refractivity contribution is 6.19. The largest absolute Gasteiger partial charge is 0.434 e. The lowest BCUT2D eigenvalue weighted by Crippen LogP contribution is -2.10. The molecule has 0 aliphatic carbocycles. The fourth-order valence-corrected chi connectivity index (χ4v) is 7.46. The van der Waals surface area contributed by atoms with Crippen LogP contribution < -0.4 is 4.90 Å². The van der Waals surface area contributed by atoms with E-state index >= 15 is 0 Å². The monoisotopic (exact) mass is 653 g/mol. The standard InChI is InChI=1S/C47H31N3O/c1-4-14-32(15-5-1)34-18-12-21-37(30-34)49(44-25-13-23-42-46(44)51-47(48-42)33-16-6-2-7-17-33)38-27-29-39-35(31-38)26-28-41-40-22-10-11-24-43(40)50(45(39)41)36-19-8-3-9-20-36/h1-31H. The van der Waals surface area contributed by atoms with Gasteiger partial charge in [0, 0.05) is 38.8 Å². The zero-order valence-electron chi connectivity index (χ0n) is 27.6. The molecule has 0 saturated heterocycles. The quantitative estimate of drug-likeness (QED) is 0.179. The summed E-state index contributed by atoms with van der Waals surface area (Å²) in [5, 5.41) is 4.83. The number of hydrogen-bond donors (Lipinski definition) is 0. The number of benzene rings is 8. The smallest absolute Gasteiger partial charge is 0.227 e. The normalized spacial score (nSPS) is 11.5. The van der Waals surface area contributed by atoms with E-state index in [0.29, 0.717) is 5.89 Å². The number of para-hydroxylation sites is 3. The van der Waals surface area contributed by atoms with Crippen LogP contribution in [0.3, 0.4) is 0 Å². The summed E-state index contributed by atoms with van der Waals surface area (Å²) in [4.78, 5) is 7.22. The second-order valence-corrected chi connectivity index (χ2v) is 12.8. The van der Waals surface area contributed by atoms with Gasteiger partial charge in [-0.1, -0.05) is 121 Å². The fraction of sp³-hybridized carbons (Fsp3) is 0. The van der Waals surface area contributed by atoms with E-state index in [4.69, 9.17) is 9.40 Å². The van der Waals surface area contributed by atoms with Crippen molar-refractivity contribution in [3.63, 3.8) is 0 Å². The minimum Gasteiger partial charge on any atom is -0.434 e. The summed E-state index contributed by atoms with van der Waals surface area (Å²) < 4.78 is 9.01. The van der Waals surface area contributed by atoms with Gasteiger partial charge in [0.25, 0.3) is 0 Å².